The molecular weight excluding hydrogens is 334 g/mol. The molecule has 0 spiro atoms. The first-order valence-electron chi connectivity index (χ1n) is 7.33. The van der Waals surface area contributed by atoms with Gasteiger partial charge in [-0.1, -0.05) is 36.7 Å². The fraction of sp³-hybridized carbons (Fsp3) is 0.625. The van der Waals surface area contributed by atoms with Crippen molar-refractivity contribution in [1.29, 1.82) is 0 Å². The first-order chi connectivity index (χ1) is 9.63. The number of benzene rings is 1. The Labute approximate surface area is 136 Å². The number of halogens is 1. The summed E-state index contributed by atoms with van der Waals surface area (Å²) >= 11 is 5.57. The van der Waals surface area contributed by atoms with Crippen molar-refractivity contribution in [3.63, 3.8) is 0 Å². The van der Waals surface area contributed by atoms with Gasteiger partial charge in [-0.15, -0.1) is 0 Å². The maximum atomic E-state index is 5.81. The van der Waals surface area contributed by atoms with Crippen molar-refractivity contribution >= 4 is 27.7 Å². The van der Waals surface area contributed by atoms with Crippen LogP contribution in [0, 0.1) is 5.92 Å². The highest BCUT2D eigenvalue weighted by molar-refractivity contribution is 9.10. The van der Waals surface area contributed by atoms with Gasteiger partial charge in [0.15, 0.2) is 0 Å². The maximum Gasteiger partial charge on any atom is 0.119 e. The van der Waals surface area contributed by atoms with Crippen LogP contribution >= 0.6 is 27.7 Å². The highest BCUT2D eigenvalue weighted by Gasteiger charge is 2.03. The molecular formula is C16H26BrNOS. The van der Waals surface area contributed by atoms with Crippen molar-refractivity contribution in [2.75, 3.05) is 24.7 Å². The molecule has 0 saturated heterocycles. The summed E-state index contributed by atoms with van der Waals surface area (Å²) < 4.78 is 6.96. The summed E-state index contributed by atoms with van der Waals surface area (Å²) in [6.45, 7) is 9.34. The molecule has 0 aliphatic carbocycles. The third kappa shape index (κ3) is 7.55. The molecule has 114 valence electrons. The van der Waals surface area contributed by atoms with Gasteiger partial charge in [0.1, 0.15) is 5.75 Å². The second-order valence-corrected chi connectivity index (χ2v) is 7.43. The molecule has 0 aromatic heterocycles. The smallest absolute Gasteiger partial charge is 0.119 e. The van der Waals surface area contributed by atoms with E-state index in [2.05, 4.69) is 54.2 Å². The summed E-state index contributed by atoms with van der Waals surface area (Å²) in [6.07, 6.45) is 1.11. The lowest BCUT2D eigenvalue weighted by atomic mass is 10.2. The molecule has 0 radical (unpaired) electrons. The standard InChI is InChI=1S/C16H26BrNOS/c1-4-20-9-5-8-19-15-6-7-16(17)14(10-15)12-18-11-13(2)3/h6-7,10,13,18H,4-5,8-9,11-12H2,1-3H3. The average Bonchev–Trinajstić information content (AvgIpc) is 2.41. The van der Waals surface area contributed by atoms with E-state index < -0.39 is 0 Å². The van der Waals surface area contributed by atoms with E-state index in [1.54, 1.807) is 0 Å². The summed E-state index contributed by atoms with van der Waals surface area (Å²) in [5.41, 5.74) is 1.26. The molecule has 0 aliphatic heterocycles. The van der Waals surface area contributed by atoms with Crippen molar-refractivity contribution in [1.82, 2.24) is 5.32 Å². The topological polar surface area (TPSA) is 21.3 Å². The van der Waals surface area contributed by atoms with Crippen molar-refractivity contribution in [2.45, 2.75) is 33.7 Å². The Bertz CT molecular complexity index is 385. The molecule has 1 N–H and O–H groups in total. The van der Waals surface area contributed by atoms with Crippen LogP contribution in [0.2, 0.25) is 0 Å². The quantitative estimate of drug-likeness (QED) is 0.610. The molecule has 1 rings (SSSR count). The number of nitrogens with one attached hydrogen (secondary N) is 1. The minimum Gasteiger partial charge on any atom is -0.494 e. The molecule has 0 heterocycles. The minimum absolute atomic E-state index is 0.671. The summed E-state index contributed by atoms with van der Waals surface area (Å²) in [6, 6.07) is 6.23. The molecule has 1 aromatic carbocycles. The fourth-order valence-corrected chi connectivity index (χ4v) is 2.76. The van der Waals surface area contributed by atoms with E-state index in [9.17, 15) is 0 Å². The van der Waals surface area contributed by atoms with Gasteiger partial charge in [0.05, 0.1) is 6.61 Å². The predicted molar refractivity (Wildman–Crippen MR) is 93.8 cm³/mol. The summed E-state index contributed by atoms with van der Waals surface area (Å²) in [7, 11) is 0. The molecule has 20 heavy (non-hydrogen) atoms. The Balaban J connectivity index is 2.40. The van der Waals surface area contributed by atoms with Gasteiger partial charge in [-0.05, 0) is 54.2 Å². The third-order valence-electron chi connectivity index (χ3n) is 2.79. The molecule has 1 aromatic rings. The number of rotatable bonds is 10. The van der Waals surface area contributed by atoms with Gasteiger partial charge in [0, 0.05) is 11.0 Å². The van der Waals surface area contributed by atoms with Crippen LogP contribution in [0.25, 0.3) is 0 Å². The Kier molecular flexibility index (Phi) is 9.40. The van der Waals surface area contributed by atoms with Crippen molar-refractivity contribution in [3.8, 4) is 5.75 Å². The highest BCUT2D eigenvalue weighted by Crippen LogP contribution is 2.23. The van der Waals surface area contributed by atoms with Crippen LogP contribution in [-0.2, 0) is 6.54 Å². The minimum atomic E-state index is 0.671. The first-order valence-corrected chi connectivity index (χ1v) is 9.28. The number of hydrogen-bond acceptors (Lipinski definition) is 3. The molecule has 0 saturated carbocycles. The van der Waals surface area contributed by atoms with E-state index in [1.807, 2.05) is 17.8 Å². The summed E-state index contributed by atoms with van der Waals surface area (Å²) in [5, 5.41) is 3.46. The van der Waals surface area contributed by atoms with Gasteiger partial charge in [0.25, 0.3) is 0 Å². The van der Waals surface area contributed by atoms with Crippen molar-refractivity contribution in [3.05, 3.63) is 28.2 Å². The lowest BCUT2D eigenvalue weighted by Crippen LogP contribution is -2.19. The van der Waals surface area contributed by atoms with Gasteiger partial charge < -0.3 is 10.1 Å². The Morgan fingerprint density at radius 2 is 2.15 bits per heavy atom. The van der Waals surface area contributed by atoms with Gasteiger partial charge in [-0.25, -0.2) is 0 Å². The average molecular weight is 360 g/mol. The van der Waals surface area contributed by atoms with Crippen LogP contribution in [0.1, 0.15) is 32.8 Å². The molecule has 0 atom stereocenters. The second kappa shape index (κ2) is 10.5. The zero-order valence-corrected chi connectivity index (χ0v) is 15.1. The molecule has 0 unspecified atom stereocenters. The van der Waals surface area contributed by atoms with Gasteiger partial charge >= 0.3 is 0 Å². The molecule has 4 heteroatoms. The molecule has 0 aliphatic rings. The van der Waals surface area contributed by atoms with Crippen molar-refractivity contribution < 1.29 is 4.74 Å². The SMILES string of the molecule is CCSCCCOc1ccc(Br)c(CNCC(C)C)c1. The van der Waals surface area contributed by atoms with Crippen LogP contribution < -0.4 is 10.1 Å². The normalized spacial score (nSPS) is 11.1. The largest absolute Gasteiger partial charge is 0.494 e. The zero-order chi connectivity index (χ0) is 14.8. The monoisotopic (exact) mass is 359 g/mol. The third-order valence-corrected chi connectivity index (χ3v) is 4.55. The Morgan fingerprint density at radius 1 is 1.35 bits per heavy atom. The zero-order valence-electron chi connectivity index (χ0n) is 12.7. The number of hydrogen-bond donors (Lipinski definition) is 1. The van der Waals surface area contributed by atoms with Crippen LogP contribution in [0.4, 0.5) is 0 Å². The number of ether oxygens (including phenoxy) is 1. The second-order valence-electron chi connectivity index (χ2n) is 5.18. The van der Waals surface area contributed by atoms with Crippen LogP contribution in [0.15, 0.2) is 22.7 Å². The lowest BCUT2D eigenvalue weighted by Gasteiger charge is -2.11. The van der Waals surface area contributed by atoms with Crippen LogP contribution in [0.5, 0.6) is 5.75 Å². The molecule has 2 nitrogen and oxygen atoms in total. The van der Waals surface area contributed by atoms with E-state index >= 15 is 0 Å². The van der Waals surface area contributed by atoms with Gasteiger partial charge in [-0.2, -0.15) is 11.8 Å². The predicted octanol–water partition coefficient (Wildman–Crippen LogP) is 4.72. The van der Waals surface area contributed by atoms with E-state index in [0.29, 0.717) is 5.92 Å². The first kappa shape index (κ1) is 17.9. The highest BCUT2D eigenvalue weighted by atomic mass is 79.9. The molecule has 0 amide bonds. The summed E-state index contributed by atoms with van der Waals surface area (Å²) in [5.74, 6) is 4.00. The van der Waals surface area contributed by atoms with Crippen LogP contribution in [-0.4, -0.2) is 24.7 Å². The Morgan fingerprint density at radius 3 is 2.85 bits per heavy atom. The lowest BCUT2D eigenvalue weighted by molar-refractivity contribution is 0.318. The van der Waals surface area contributed by atoms with E-state index in [1.165, 1.54) is 17.1 Å². The fourth-order valence-electron chi connectivity index (χ4n) is 1.77. The summed E-state index contributed by atoms with van der Waals surface area (Å²) in [4.78, 5) is 0. The van der Waals surface area contributed by atoms with E-state index in [4.69, 9.17) is 4.74 Å². The van der Waals surface area contributed by atoms with E-state index in [0.717, 1.165) is 36.3 Å². The van der Waals surface area contributed by atoms with Gasteiger partial charge in [-0.3, -0.25) is 0 Å². The van der Waals surface area contributed by atoms with Crippen molar-refractivity contribution in [2.24, 2.45) is 5.92 Å². The van der Waals surface area contributed by atoms with E-state index in [-0.39, 0.29) is 0 Å². The number of thioether (sulfide) groups is 1. The molecule has 0 fully saturated rings. The maximum absolute atomic E-state index is 5.81. The van der Waals surface area contributed by atoms with Crippen LogP contribution in [0.3, 0.4) is 0 Å². The van der Waals surface area contributed by atoms with Gasteiger partial charge in [0.2, 0.25) is 0 Å². The molecule has 0 bridgehead atoms. The Hall–Kier alpha value is -0.190.